The molecule has 168 valence electrons. The number of aromatic hydroxyl groups is 1. The van der Waals surface area contributed by atoms with Crippen LogP contribution in [0.5, 0.6) is 5.88 Å². The summed E-state index contributed by atoms with van der Waals surface area (Å²) in [7, 11) is -3.89. The Labute approximate surface area is 187 Å². The lowest BCUT2D eigenvalue weighted by molar-refractivity contribution is -0.115. The highest BCUT2D eigenvalue weighted by atomic mass is 32.2. The Morgan fingerprint density at radius 1 is 1.09 bits per heavy atom. The number of aromatic amines is 1. The molecule has 0 atom stereocenters. The molecule has 4 N–H and O–H groups in total. The minimum absolute atomic E-state index is 0.00673. The summed E-state index contributed by atoms with van der Waals surface area (Å²) in [6, 6.07) is 8.33. The summed E-state index contributed by atoms with van der Waals surface area (Å²) in [5.74, 6) is -0.406. The number of hydrogen-bond donors (Lipinski definition) is 4. The van der Waals surface area contributed by atoms with Gasteiger partial charge in [-0.15, -0.1) is 0 Å². The Kier molecular flexibility index (Phi) is 7.10. The fourth-order valence-electron chi connectivity index (χ4n) is 2.62. The van der Waals surface area contributed by atoms with Gasteiger partial charge in [-0.1, -0.05) is 11.8 Å². The second-order valence-corrected chi connectivity index (χ2v) is 9.43. The summed E-state index contributed by atoms with van der Waals surface area (Å²) in [6.45, 7) is 3.48. The van der Waals surface area contributed by atoms with Crippen LogP contribution in [0.25, 0.3) is 0 Å². The first-order chi connectivity index (χ1) is 15.1. The molecule has 2 aromatic heterocycles. The highest BCUT2D eigenvalue weighted by molar-refractivity contribution is 7.99. The number of aryl methyl sites for hydroxylation is 2. The molecule has 2 heterocycles. The minimum Gasteiger partial charge on any atom is -0.493 e. The number of amides is 1. The zero-order valence-electron chi connectivity index (χ0n) is 17.1. The SMILES string of the molecule is Cc1cc(C)nc(NS(=O)(=O)c2ccc(NC(=O)CCSc3nc(O)cc(=O)[nH]3)cc2)n1. The molecule has 3 rings (SSSR count). The number of nitrogens with zero attached hydrogens (tertiary/aromatic N) is 3. The van der Waals surface area contributed by atoms with Gasteiger partial charge in [0.15, 0.2) is 5.16 Å². The zero-order chi connectivity index (χ0) is 23.3. The van der Waals surface area contributed by atoms with Crippen LogP contribution in [-0.4, -0.2) is 45.1 Å². The van der Waals surface area contributed by atoms with Crippen LogP contribution < -0.4 is 15.6 Å². The standard InChI is InChI=1S/C19H20N6O5S2/c1-11-9-12(2)21-18(20-11)25-32(29,30)14-5-3-13(4-6-14)22-15(26)7-8-31-19-23-16(27)10-17(28)24-19/h3-6,9-10H,7-8H2,1-2H3,(H,22,26)(H,20,21,25)(H2,23,24,27,28). The van der Waals surface area contributed by atoms with Crippen molar-refractivity contribution in [3.05, 3.63) is 58.1 Å². The Morgan fingerprint density at radius 3 is 2.38 bits per heavy atom. The molecule has 0 saturated carbocycles. The van der Waals surface area contributed by atoms with Crippen molar-refractivity contribution in [3.8, 4) is 5.88 Å². The van der Waals surface area contributed by atoms with E-state index in [9.17, 15) is 23.1 Å². The number of thioether (sulfide) groups is 1. The summed E-state index contributed by atoms with van der Waals surface area (Å²) in [5, 5.41) is 12.2. The van der Waals surface area contributed by atoms with Gasteiger partial charge in [0.1, 0.15) is 0 Å². The topological polar surface area (TPSA) is 167 Å². The van der Waals surface area contributed by atoms with Gasteiger partial charge in [0.25, 0.3) is 15.6 Å². The van der Waals surface area contributed by atoms with Crippen molar-refractivity contribution < 1.29 is 18.3 Å². The quantitative estimate of drug-likeness (QED) is 0.280. The highest BCUT2D eigenvalue weighted by Gasteiger charge is 2.16. The van der Waals surface area contributed by atoms with E-state index >= 15 is 0 Å². The summed E-state index contributed by atoms with van der Waals surface area (Å²) in [4.78, 5) is 37.7. The minimum atomic E-state index is -3.89. The molecule has 0 aliphatic heterocycles. The summed E-state index contributed by atoms with van der Waals surface area (Å²) >= 11 is 1.11. The van der Waals surface area contributed by atoms with Crippen LogP contribution in [0.15, 0.2) is 51.2 Å². The molecule has 1 amide bonds. The van der Waals surface area contributed by atoms with Crippen LogP contribution >= 0.6 is 11.8 Å². The Morgan fingerprint density at radius 2 is 1.75 bits per heavy atom. The highest BCUT2D eigenvalue weighted by Crippen LogP contribution is 2.18. The van der Waals surface area contributed by atoms with E-state index in [1.807, 2.05) is 0 Å². The third kappa shape index (κ3) is 6.52. The van der Waals surface area contributed by atoms with Gasteiger partial charge in [0, 0.05) is 29.2 Å². The van der Waals surface area contributed by atoms with Gasteiger partial charge in [-0.3, -0.25) is 9.59 Å². The molecular weight excluding hydrogens is 456 g/mol. The van der Waals surface area contributed by atoms with Crippen LogP contribution in [0.1, 0.15) is 17.8 Å². The number of sulfonamides is 1. The fraction of sp³-hybridized carbons (Fsp3) is 0.211. The van der Waals surface area contributed by atoms with Gasteiger partial charge in [-0.2, -0.15) is 4.98 Å². The van der Waals surface area contributed by atoms with Crippen LogP contribution in [0.2, 0.25) is 0 Å². The van der Waals surface area contributed by atoms with E-state index in [1.165, 1.54) is 24.3 Å². The molecule has 1 aromatic carbocycles. The molecule has 0 saturated heterocycles. The van der Waals surface area contributed by atoms with E-state index in [2.05, 4.69) is 30.0 Å². The van der Waals surface area contributed by atoms with Crippen molar-refractivity contribution in [2.24, 2.45) is 0 Å². The van der Waals surface area contributed by atoms with Gasteiger partial charge < -0.3 is 15.4 Å². The first-order valence-electron chi connectivity index (χ1n) is 9.29. The molecule has 3 aromatic rings. The average Bonchev–Trinajstić information content (AvgIpc) is 2.66. The average molecular weight is 477 g/mol. The molecular formula is C19H20N6O5S2. The lowest BCUT2D eigenvalue weighted by Crippen LogP contribution is -2.16. The van der Waals surface area contributed by atoms with Gasteiger partial charge in [-0.25, -0.2) is 23.1 Å². The van der Waals surface area contributed by atoms with Crippen LogP contribution in [0.3, 0.4) is 0 Å². The monoisotopic (exact) mass is 476 g/mol. The third-order valence-corrected chi connectivity index (χ3v) is 6.15. The molecule has 0 fully saturated rings. The van der Waals surface area contributed by atoms with Crippen LogP contribution in [0.4, 0.5) is 11.6 Å². The number of H-pyrrole nitrogens is 1. The summed E-state index contributed by atoms with van der Waals surface area (Å²) < 4.78 is 27.4. The Balaban J connectivity index is 1.56. The predicted molar refractivity (Wildman–Crippen MR) is 119 cm³/mol. The van der Waals surface area contributed by atoms with Gasteiger partial charge in [0.05, 0.1) is 11.0 Å². The molecule has 11 nitrogen and oxygen atoms in total. The zero-order valence-corrected chi connectivity index (χ0v) is 18.7. The molecule has 13 heteroatoms. The van der Waals surface area contributed by atoms with Crippen molar-refractivity contribution in [1.82, 2.24) is 19.9 Å². The van der Waals surface area contributed by atoms with E-state index in [-0.39, 0.29) is 28.3 Å². The second kappa shape index (κ2) is 9.78. The number of carbonyl (C=O) groups excluding carboxylic acids is 1. The number of hydrogen-bond acceptors (Lipinski definition) is 9. The molecule has 0 spiro atoms. The maximum absolute atomic E-state index is 12.6. The number of aromatic nitrogens is 4. The predicted octanol–water partition coefficient (Wildman–Crippen LogP) is 1.80. The first-order valence-corrected chi connectivity index (χ1v) is 11.8. The van der Waals surface area contributed by atoms with Crippen molar-refractivity contribution in [3.63, 3.8) is 0 Å². The van der Waals surface area contributed by atoms with E-state index in [0.717, 1.165) is 17.8 Å². The fourth-order valence-corrected chi connectivity index (χ4v) is 4.38. The number of benzene rings is 1. The van der Waals surface area contributed by atoms with E-state index in [4.69, 9.17) is 0 Å². The smallest absolute Gasteiger partial charge is 0.264 e. The molecule has 32 heavy (non-hydrogen) atoms. The van der Waals surface area contributed by atoms with Crippen molar-refractivity contribution in [2.75, 3.05) is 15.8 Å². The second-order valence-electron chi connectivity index (χ2n) is 6.66. The van der Waals surface area contributed by atoms with E-state index in [0.29, 0.717) is 22.8 Å². The summed E-state index contributed by atoms with van der Waals surface area (Å²) in [6.07, 6.45) is 0.107. The van der Waals surface area contributed by atoms with Gasteiger partial charge in [-0.05, 0) is 44.2 Å². The van der Waals surface area contributed by atoms with Crippen LogP contribution in [0, 0.1) is 13.8 Å². The molecule has 0 unspecified atom stereocenters. The lowest BCUT2D eigenvalue weighted by Gasteiger charge is -2.09. The molecule has 0 radical (unpaired) electrons. The summed E-state index contributed by atoms with van der Waals surface area (Å²) in [5.41, 5.74) is 1.21. The van der Waals surface area contributed by atoms with Gasteiger partial charge in [0.2, 0.25) is 17.7 Å². The normalized spacial score (nSPS) is 11.2. The number of anilines is 2. The number of carbonyl (C=O) groups is 1. The van der Waals surface area contributed by atoms with E-state index in [1.54, 1.807) is 19.9 Å². The molecule has 0 bridgehead atoms. The molecule has 0 aliphatic rings. The first kappa shape index (κ1) is 23.2. The van der Waals surface area contributed by atoms with Crippen molar-refractivity contribution >= 4 is 39.3 Å². The van der Waals surface area contributed by atoms with E-state index < -0.39 is 21.5 Å². The van der Waals surface area contributed by atoms with Crippen molar-refractivity contribution in [2.45, 2.75) is 30.3 Å². The van der Waals surface area contributed by atoms with Crippen molar-refractivity contribution in [1.29, 1.82) is 0 Å². The Bertz CT molecular complexity index is 1270. The number of rotatable bonds is 8. The third-order valence-electron chi connectivity index (χ3n) is 3.93. The molecule has 0 aliphatic carbocycles. The lowest BCUT2D eigenvalue weighted by atomic mass is 10.3. The van der Waals surface area contributed by atoms with Gasteiger partial charge >= 0.3 is 0 Å². The maximum atomic E-state index is 12.6. The number of nitrogens with one attached hydrogen (secondary N) is 3. The largest absolute Gasteiger partial charge is 0.493 e. The Hall–Kier alpha value is -3.45. The maximum Gasteiger partial charge on any atom is 0.264 e. The van der Waals surface area contributed by atoms with Crippen LogP contribution in [-0.2, 0) is 14.8 Å².